The lowest BCUT2D eigenvalue weighted by molar-refractivity contribution is 0.244. The Morgan fingerprint density at radius 1 is 1.35 bits per heavy atom. The van der Waals surface area contributed by atoms with E-state index in [1.165, 1.54) is 0 Å². The van der Waals surface area contributed by atoms with Crippen LogP contribution in [-0.2, 0) is 6.42 Å². The number of nitrogens with one attached hydrogen (secondary N) is 1. The predicted octanol–water partition coefficient (Wildman–Crippen LogP) is 2.69. The fourth-order valence-corrected chi connectivity index (χ4v) is 2.84. The number of nitrogens with zero attached hydrogens (tertiary/aromatic N) is 1. The standard InChI is InChI=1S/C12H15BrClFN2/c13-10-7-9(8-11(14)12(10)15)1-4-17-5-2-16-3-6-17/h7-8,16H,1-6H2. The molecular formula is C12H15BrClFN2. The van der Waals surface area contributed by atoms with Crippen LogP contribution in [0.3, 0.4) is 0 Å². The molecule has 1 saturated heterocycles. The van der Waals surface area contributed by atoms with Crippen LogP contribution in [-0.4, -0.2) is 37.6 Å². The highest BCUT2D eigenvalue weighted by Gasteiger charge is 2.11. The van der Waals surface area contributed by atoms with E-state index >= 15 is 0 Å². The molecule has 1 aromatic rings. The smallest absolute Gasteiger partial charge is 0.155 e. The van der Waals surface area contributed by atoms with E-state index in [0.29, 0.717) is 4.47 Å². The molecule has 2 rings (SSSR count). The molecule has 0 bridgehead atoms. The van der Waals surface area contributed by atoms with Gasteiger partial charge in [0.25, 0.3) is 0 Å². The number of benzene rings is 1. The molecule has 2 nitrogen and oxygen atoms in total. The topological polar surface area (TPSA) is 15.3 Å². The molecule has 0 spiro atoms. The zero-order valence-electron chi connectivity index (χ0n) is 9.48. The Morgan fingerprint density at radius 2 is 2.06 bits per heavy atom. The van der Waals surface area contributed by atoms with Crippen molar-refractivity contribution >= 4 is 27.5 Å². The predicted molar refractivity (Wildman–Crippen MR) is 72.1 cm³/mol. The molecule has 94 valence electrons. The van der Waals surface area contributed by atoms with Gasteiger partial charge in [0.05, 0.1) is 9.50 Å². The minimum absolute atomic E-state index is 0.190. The van der Waals surface area contributed by atoms with Crippen molar-refractivity contribution in [2.75, 3.05) is 32.7 Å². The molecule has 1 aliphatic heterocycles. The van der Waals surface area contributed by atoms with Crippen molar-refractivity contribution in [3.05, 3.63) is 33.0 Å². The molecule has 1 fully saturated rings. The average Bonchev–Trinajstić information content (AvgIpc) is 2.34. The van der Waals surface area contributed by atoms with E-state index in [1.807, 2.05) is 6.07 Å². The van der Waals surface area contributed by atoms with E-state index in [2.05, 4.69) is 26.1 Å². The van der Waals surface area contributed by atoms with Crippen LogP contribution < -0.4 is 5.32 Å². The monoisotopic (exact) mass is 320 g/mol. The first-order valence-corrected chi connectivity index (χ1v) is 6.90. The lowest BCUT2D eigenvalue weighted by Gasteiger charge is -2.27. The van der Waals surface area contributed by atoms with Gasteiger partial charge in [-0.1, -0.05) is 11.6 Å². The van der Waals surface area contributed by atoms with E-state index in [1.54, 1.807) is 6.07 Å². The molecule has 0 saturated carbocycles. The molecule has 0 atom stereocenters. The van der Waals surface area contributed by atoms with Gasteiger partial charge in [-0.15, -0.1) is 0 Å². The second-order valence-corrected chi connectivity index (χ2v) is 5.48. The summed E-state index contributed by atoms with van der Waals surface area (Å²) in [5, 5.41) is 3.51. The van der Waals surface area contributed by atoms with Crippen molar-refractivity contribution in [2.24, 2.45) is 0 Å². The zero-order chi connectivity index (χ0) is 12.3. The maximum atomic E-state index is 13.3. The Morgan fingerprint density at radius 3 is 2.71 bits per heavy atom. The maximum absolute atomic E-state index is 13.3. The van der Waals surface area contributed by atoms with Crippen molar-refractivity contribution in [1.82, 2.24) is 10.2 Å². The number of hydrogen-bond donors (Lipinski definition) is 1. The van der Waals surface area contributed by atoms with Gasteiger partial charge >= 0.3 is 0 Å². The molecule has 0 radical (unpaired) electrons. The Balaban J connectivity index is 1.94. The van der Waals surface area contributed by atoms with Gasteiger partial charge in [0, 0.05) is 32.7 Å². The lowest BCUT2D eigenvalue weighted by Crippen LogP contribution is -2.44. The van der Waals surface area contributed by atoms with Crippen LogP contribution in [0, 0.1) is 5.82 Å². The van der Waals surface area contributed by atoms with E-state index in [9.17, 15) is 4.39 Å². The molecule has 1 N–H and O–H groups in total. The van der Waals surface area contributed by atoms with Gasteiger partial charge in [-0.2, -0.15) is 0 Å². The number of hydrogen-bond acceptors (Lipinski definition) is 2. The Hall–Kier alpha value is -0.160. The molecule has 0 aliphatic carbocycles. The molecule has 1 heterocycles. The van der Waals surface area contributed by atoms with Crippen LogP contribution >= 0.6 is 27.5 Å². The average molecular weight is 322 g/mol. The second kappa shape index (κ2) is 6.14. The zero-order valence-corrected chi connectivity index (χ0v) is 11.8. The number of halogens is 3. The Kier molecular flexibility index (Phi) is 4.79. The molecule has 1 aliphatic rings. The van der Waals surface area contributed by atoms with Crippen LogP contribution in [0.25, 0.3) is 0 Å². The van der Waals surface area contributed by atoms with E-state index in [-0.39, 0.29) is 10.8 Å². The largest absolute Gasteiger partial charge is 0.314 e. The summed E-state index contributed by atoms with van der Waals surface area (Å²) >= 11 is 8.99. The highest BCUT2D eigenvalue weighted by molar-refractivity contribution is 9.10. The third-order valence-corrected chi connectivity index (χ3v) is 3.82. The van der Waals surface area contributed by atoms with E-state index in [0.717, 1.165) is 44.7 Å². The second-order valence-electron chi connectivity index (χ2n) is 4.22. The van der Waals surface area contributed by atoms with Gasteiger partial charge in [-0.05, 0) is 40.0 Å². The van der Waals surface area contributed by atoms with Crippen LogP contribution in [0.5, 0.6) is 0 Å². The van der Waals surface area contributed by atoms with Crippen LogP contribution in [0.4, 0.5) is 4.39 Å². The summed E-state index contributed by atoms with van der Waals surface area (Å²) in [6.07, 6.45) is 0.901. The first-order chi connectivity index (χ1) is 8.16. The number of piperazine rings is 1. The Bertz CT molecular complexity index is 371. The molecule has 5 heteroatoms. The van der Waals surface area contributed by atoms with Gasteiger partial charge in [0.15, 0.2) is 5.82 Å². The van der Waals surface area contributed by atoms with Crippen molar-refractivity contribution in [3.63, 3.8) is 0 Å². The van der Waals surface area contributed by atoms with Crippen molar-refractivity contribution in [1.29, 1.82) is 0 Å². The van der Waals surface area contributed by atoms with Crippen LogP contribution in [0.2, 0.25) is 5.02 Å². The molecule has 0 unspecified atom stereocenters. The first kappa shape index (κ1) is 13.3. The maximum Gasteiger partial charge on any atom is 0.155 e. The Labute approximate surface area is 114 Å². The quantitative estimate of drug-likeness (QED) is 0.861. The van der Waals surface area contributed by atoms with Gasteiger partial charge in [0.1, 0.15) is 0 Å². The van der Waals surface area contributed by atoms with Gasteiger partial charge < -0.3 is 10.2 Å². The summed E-state index contributed by atoms with van der Waals surface area (Å²) in [7, 11) is 0. The van der Waals surface area contributed by atoms with Gasteiger partial charge in [-0.3, -0.25) is 0 Å². The van der Waals surface area contributed by atoms with Gasteiger partial charge in [-0.25, -0.2) is 4.39 Å². The fourth-order valence-electron chi connectivity index (χ4n) is 1.97. The van der Waals surface area contributed by atoms with E-state index in [4.69, 9.17) is 11.6 Å². The van der Waals surface area contributed by atoms with Crippen LogP contribution in [0.1, 0.15) is 5.56 Å². The normalized spacial score (nSPS) is 17.4. The van der Waals surface area contributed by atoms with Crippen molar-refractivity contribution in [3.8, 4) is 0 Å². The van der Waals surface area contributed by atoms with E-state index < -0.39 is 0 Å². The minimum Gasteiger partial charge on any atom is -0.314 e. The fraction of sp³-hybridized carbons (Fsp3) is 0.500. The van der Waals surface area contributed by atoms with Crippen LogP contribution in [0.15, 0.2) is 16.6 Å². The highest BCUT2D eigenvalue weighted by atomic mass is 79.9. The third-order valence-electron chi connectivity index (χ3n) is 2.97. The molecule has 0 aromatic heterocycles. The molecule has 17 heavy (non-hydrogen) atoms. The van der Waals surface area contributed by atoms with Crippen molar-refractivity contribution < 1.29 is 4.39 Å². The highest BCUT2D eigenvalue weighted by Crippen LogP contribution is 2.25. The summed E-state index contributed by atoms with van der Waals surface area (Å²) in [6, 6.07) is 3.52. The molecule has 0 amide bonds. The third kappa shape index (κ3) is 3.65. The lowest BCUT2D eigenvalue weighted by atomic mass is 10.1. The summed E-state index contributed by atoms with van der Waals surface area (Å²) in [6.45, 7) is 5.25. The summed E-state index contributed by atoms with van der Waals surface area (Å²) < 4.78 is 13.8. The summed E-state index contributed by atoms with van der Waals surface area (Å²) in [5.41, 5.74) is 1.07. The molecular weight excluding hydrogens is 307 g/mol. The molecule has 1 aromatic carbocycles. The van der Waals surface area contributed by atoms with Gasteiger partial charge in [0.2, 0.25) is 0 Å². The summed E-state index contributed by atoms with van der Waals surface area (Å²) in [4.78, 5) is 2.40. The summed E-state index contributed by atoms with van der Waals surface area (Å²) in [5.74, 6) is -0.377. The number of rotatable bonds is 3. The SMILES string of the molecule is Fc1c(Cl)cc(CCN2CCNCC2)cc1Br. The minimum atomic E-state index is -0.377. The first-order valence-electron chi connectivity index (χ1n) is 5.73. The van der Waals surface area contributed by atoms with Crippen molar-refractivity contribution in [2.45, 2.75) is 6.42 Å².